The summed E-state index contributed by atoms with van der Waals surface area (Å²) in [5.41, 5.74) is -0.787. The lowest BCUT2D eigenvalue weighted by Gasteiger charge is -2.37. The molecule has 1 N–H and O–H groups in total. The van der Waals surface area contributed by atoms with Gasteiger partial charge in [-0.3, -0.25) is 0 Å². The topological polar surface area (TPSA) is 82.3 Å². The number of hydrogen-bond acceptors (Lipinski definition) is 7. The summed E-state index contributed by atoms with van der Waals surface area (Å²) < 4.78 is 41.3. The molecule has 2 atom stereocenters. The van der Waals surface area contributed by atoms with E-state index in [1.54, 1.807) is 25.3 Å². The second kappa shape index (κ2) is 12.1. The molecule has 1 fully saturated rings. The zero-order chi connectivity index (χ0) is 25.5. The van der Waals surface area contributed by atoms with E-state index >= 15 is 0 Å². The molecule has 3 aromatic rings. The standard InChI is InChI=1S/C25H25ClF2N4O3S/c1-17(25(33,14-32-16-29-15-31-32)21-8-7-19(27)10-22(21)28)36-20-12-34-24(35-13-20)5-3-2-4-18-6-9-23(26)30-11-18/h2-11,15-17,20,24,33H,12-14H2,1H3/b4-2+,5-3+/t17-,20?,24?,25?/m1/s1. The van der Waals surface area contributed by atoms with Crippen molar-refractivity contribution in [1.29, 1.82) is 0 Å². The minimum Gasteiger partial charge on any atom is -0.382 e. The van der Waals surface area contributed by atoms with E-state index in [1.165, 1.54) is 35.2 Å². The Balaban J connectivity index is 1.36. The number of pyridine rings is 1. The van der Waals surface area contributed by atoms with Crippen molar-refractivity contribution in [2.24, 2.45) is 0 Å². The highest BCUT2D eigenvalue weighted by molar-refractivity contribution is 8.00. The van der Waals surface area contributed by atoms with Gasteiger partial charge < -0.3 is 14.6 Å². The third kappa shape index (κ3) is 6.77. The molecule has 3 heterocycles. The molecule has 0 amide bonds. The molecule has 1 aromatic carbocycles. The Bertz CT molecular complexity index is 1190. The predicted octanol–water partition coefficient (Wildman–Crippen LogP) is 4.63. The maximum Gasteiger partial charge on any atom is 0.177 e. The fourth-order valence-electron chi connectivity index (χ4n) is 3.73. The molecule has 1 aliphatic rings. The Morgan fingerprint density at radius 1 is 1.25 bits per heavy atom. The smallest absolute Gasteiger partial charge is 0.177 e. The lowest BCUT2D eigenvalue weighted by atomic mass is 9.90. The Kier molecular flexibility index (Phi) is 8.86. The number of nitrogens with zero attached hydrogens (tertiary/aromatic N) is 4. The molecule has 11 heteroatoms. The van der Waals surface area contributed by atoms with Crippen molar-refractivity contribution in [1.82, 2.24) is 19.7 Å². The zero-order valence-corrected chi connectivity index (χ0v) is 20.9. The van der Waals surface area contributed by atoms with Gasteiger partial charge in [-0.05, 0) is 23.8 Å². The molecule has 190 valence electrons. The van der Waals surface area contributed by atoms with Crippen LogP contribution in [0.15, 0.2) is 67.4 Å². The van der Waals surface area contributed by atoms with Crippen molar-refractivity contribution < 1.29 is 23.4 Å². The van der Waals surface area contributed by atoms with E-state index in [9.17, 15) is 13.9 Å². The van der Waals surface area contributed by atoms with Crippen molar-refractivity contribution in [3.8, 4) is 0 Å². The second-order valence-corrected chi connectivity index (χ2v) is 10.3. The van der Waals surface area contributed by atoms with E-state index in [0.717, 1.165) is 17.7 Å². The van der Waals surface area contributed by atoms with Gasteiger partial charge in [-0.2, -0.15) is 5.10 Å². The average Bonchev–Trinajstić information content (AvgIpc) is 3.36. The van der Waals surface area contributed by atoms with E-state index in [1.807, 2.05) is 24.3 Å². The highest BCUT2D eigenvalue weighted by Crippen LogP contribution is 2.38. The quantitative estimate of drug-likeness (QED) is 0.317. The molecule has 0 radical (unpaired) electrons. The van der Waals surface area contributed by atoms with E-state index in [4.69, 9.17) is 21.1 Å². The predicted molar refractivity (Wildman–Crippen MR) is 134 cm³/mol. The number of ether oxygens (including phenoxy) is 2. The van der Waals surface area contributed by atoms with Crippen LogP contribution in [0.4, 0.5) is 8.78 Å². The molecular formula is C25H25ClF2N4O3S. The Labute approximate surface area is 216 Å². The van der Waals surface area contributed by atoms with Gasteiger partial charge in [-0.1, -0.05) is 48.9 Å². The van der Waals surface area contributed by atoms with Crippen molar-refractivity contribution >= 4 is 29.4 Å². The first-order chi connectivity index (χ1) is 17.3. The monoisotopic (exact) mass is 534 g/mol. The number of allylic oxidation sites excluding steroid dienone is 2. The number of aliphatic hydroxyl groups is 1. The zero-order valence-electron chi connectivity index (χ0n) is 19.4. The minimum absolute atomic E-state index is 0.0134. The molecule has 7 nitrogen and oxygen atoms in total. The van der Waals surface area contributed by atoms with Gasteiger partial charge >= 0.3 is 0 Å². The molecule has 1 saturated heterocycles. The van der Waals surface area contributed by atoms with Crippen LogP contribution in [-0.4, -0.2) is 54.9 Å². The summed E-state index contributed by atoms with van der Waals surface area (Å²) in [5, 5.41) is 15.5. The van der Waals surface area contributed by atoms with Crippen LogP contribution in [0.3, 0.4) is 0 Å². The van der Waals surface area contributed by atoms with Crippen molar-refractivity contribution in [2.75, 3.05) is 13.2 Å². The molecule has 2 aromatic heterocycles. The third-order valence-corrected chi connectivity index (χ3v) is 7.33. The lowest BCUT2D eigenvalue weighted by molar-refractivity contribution is -0.146. The van der Waals surface area contributed by atoms with Crippen molar-refractivity contribution in [3.05, 3.63) is 95.3 Å². The maximum atomic E-state index is 14.7. The summed E-state index contributed by atoms with van der Waals surface area (Å²) in [6, 6.07) is 6.73. The average molecular weight is 535 g/mol. The molecular weight excluding hydrogens is 510 g/mol. The summed E-state index contributed by atoms with van der Waals surface area (Å²) in [7, 11) is 0. The van der Waals surface area contributed by atoms with Crippen molar-refractivity contribution in [3.63, 3.8) is 0 Å². The van der Waals surface area contributed by atoms with Crippen LogP contribution in [0.25, 0.3) is 6.08 Å². The molecule has 0 spiro atoms. The number of rotatable bonds is 9. The number of benzene rings is 1. The van der Waals surface area contributed by atoms with Gasteiger partial charge in [0.15, 0.2) is 6.29 Å². The highest BCUT2D eigenvalue weighted by atomic mass is 35.5. The van der Waals surface area contributed by atoms with E-state index in [0.29, 0.717) is 18.4 Å². The summed E-state index contributed by atoms with van der Waals surface area (Å²) in [6.07, 6.45) is 11.3. The SMILES string of the molecule is C[C@@H](SC1COC(/C=C/C=C/c2ccc(Cl)nc2)OC1)C(O)(Cn1cncn1)c1ccc(F)cc1F. The van der Waals surface area contributed by atoms with Gasteiger partial charge in [0, 0.05) is 23.1 Å². The number of hydrogen-bond donors (Lipinski definition) is 1. The van der Waals surface area contributed by atoms with Gasteiger partial charge in [0.2, 0.25) is 0 Å². The van der Waals surface area contributed by atoms with Gasteiger partial charge in [-0.15, -0.1) is 11.8 Å². The van der Waals surface area contributed by atoms with Crippen LogP contribution in [0, 0.1) is 11.6 Å². The molecule has 4 rings (SSSR count). The summed E-state index contributed by atoms with van der Waals surface area (Å²) in [4.78, 5) is 7.91. The van der Waals surface area contributed by atoms with Crippen LogP contribution >= 0.6 is 23.4 Å². The van der Waals surface area contributed by atoms with Crippen LogP contribution in [0.1, 0.15) is 18.1 Å². The highest BCUT2D eigenvalue weighted by Gasteiger charge is 2.41. The molecule has 36 heavy (non-hydrogen) atoms. The molecule has 1 aliphatic heterocycles. The van der Waals surface area contributed by atoms with Gasteiger partial charge in [-0.25, -0.2) is 23.4 Å². The first-order valence-corrected chi connectivity index (χ1v) is 12.5. The maximum absolute atomic E-state index is 14.7. The second-order valence-electron chi connectivity index (χ2n) is 8.24. The Morgan fingerprint density at radius 3 is 2.72 bits per heavy atom. The first kappa shape index (κ1) is 26.4. The molecule has 0 bridgehead atoms. The molecule has 0 saturated carbocycles. The summed E-state index contributed by atoms with van der Waals surface area (Å²) >= 11 is 7.19. The minimum atomic E-state index is -1.69. The normalized spacial score (nSPS) is 21.1. The van der Waals surface area contributed by atoms with Crippen LogP contribution in [-0.2, 0) is 21.6 Å². The van der Waals surface area contributed by atoms with E-state index < -0.39 is 28.8 Å². The molecule has 0 aliphatic carbocycles. The van der Waals surface area contributed by atoms with Crippen molar-refractivity contribution in [2.45, 2.75) is 35.9 Å². The summed E-state index contributed by atoms with van der Waals surface area (Å²) in [5.74, 6) is -1.54. The van der Waals surface area contributed by atoms with E-state index in [2.05, 4.69) is 15.1 Å². The Hall–Kier alpha value is -2.63. The van der Waals surface area contributed by atoms with Crippen LogP contribution in [0.2, 0.25) is 5.15 Å². The number of aromatic nitrogens is 4. The fourth-order valence-corrected chi connectivity index (χ4v) is 5.16. The largest absolute Gasteiger partial charge is 0.382 e. The summed E-state index contributed by atoms with van der Waals surface area (Å²) in [6.45, 7) is 2.48. The van der Waals surface area contributed by atoms with Crippen LogP contribution < -0.4 is 0 Å². The number of thioether (sulfide) groups is 1. The lowest BCUT2D eigenvalue weighted by Crippen LogP contribution is -2.43. The van der Waals surface area contributed by atoms with Crippen LogP contribution in [0.5, 0.6) is 0 Å². The van der Waals surface area contributed by atoms with Gasteiger partial charge in [0.05, 0.1) is 25.0 Å². The van der Waals surface area contributed by atoms with Gasteiger partial charge in [0.1, 0.15) is 35.0 Å². The van der Waals surface area contributed by atoms with Gasteiger partial charge in [0.25, 0.3) is 0 Å². The third-order valence-electron chi connectivity index (χ3n) is 5.65. The Morgan fingerprint density at radius 2 is 2.06 bits per heavy atom. The fraction of sp³-hybridized carbons (Fsp3) is 0.320. The van der Waals surface area contributed by atoms with E-state index in [-0.39, 0.29) is 17.4 Å². The first-order valence-electron chi connectivity index (χ1n) is 11.2. The number of halogens is 3. The molecule has 1 unspecified atom stereocenters.